The van der Waals surface area contributed by atoms with Crippen LogP contribution in [0.1, 0.15) is 0 Å². The van der Waals surface area contributed by atoms with Crippen LogP contribution in [0.3, 0.4) is 0 Å². The fourth-order valence-corrected chi connectivity index (χ4v) is 1.37. The van der Waals surface area contributed by atoms with Crippen molar-refractivity contribution in [3.8, 4) is 11.5 Å². The minimum Gasteiger partial charge on any atom is -0.456 e. The molecule has 0 fully saturated rings. The quantitative estimate of drug-likeness (QED) is 0.814. The van der Waals surface area contributed by atoms with Crippen molar-refractivity contribution in [3.05, 3.63) is 48.7 Å². The Morgan fingerprint density at radius 1 is 1.12 bits per heavy atom. The number of aromatic nitrogens is 1. The van der Waals surface area contributed by atoms with Crippen LogP contribution in [0.2, 0.25) is 0 Å². The summed E-state index contributed by atoms with van der Waals surface area (Å²) in [5, 5.41) is 2.93. The zero-order valence-corrected chi connectivity index (χ0v) is 9.78. The number of hydrogen-bond acceptors (Lipinski definition) is 3. The van der Waals surface area contributed by atoms with E-state index in [1.807, 2.05) is 30.3 Å². The lowest BCUT2D eigenvalue weighted by atomic mass is 10.3. The van der Waals surface area contributed by atoms with Gasteiger partial charge in [0, 0.05) is 0 Å². The van der Waals surface area contributed by atoms with Gasteiger partial charge in [-0.15, -0.1) is 0 Å². The minimum absolute atomic E-state index is 0.189. The van der Waals surface area contributed by atoms with Crippen LogP contribution in [0, 0.1) is 0 Å². The molecule has 2 aromatic rings. The molecule has 0 saturated heterocycles. The molecule has 17 heavy (non-hydrogen) atoms. The average molecular weight is 245 g/mol. The number of pyridine rings is 1. The highest BCUT2D eigenvalue weighted by Crippen LogP contribution is 2.20. The monoisotopic (exact) mass is 245 g/mol. The highest BCUT2D eigenvalue weighted by Gasteiger charge is 1.98. The van der Waals surface area contributed by atoms with Gasteiger partial charge in [0.05, 0.1) is 6.20 Å². The Hall–Kier alpha value is -2.14. The number of nitrogens with two attached hydrogens (primary N) is 1. The lowest BCUT2D eigenvalue weighted by Crippen LogP contribution is -2.19. The molecule has 5 heteroatoms. The van der Waals surface area contributed by atoms with Crippen molar-refractivity contribution < 1.29 is 4.74 Å². The third-order valence-corrected chi connectivity index (χ3v) is 2.07. The zero-order valence-electron chi connectivity index (χ0n) is 8.96. The summed E-state index contributed by atoms with van der Waals surface area (Å²) in [6.07, 6.45) is 1.60. The number of nitrogens with zero attached hydrogens (tertiary/aromatic N) is 1. The van der Waals surface area contributed by atoms with Crippen LogP contribution in [-0.4, -0.2) is 10.1 Å². The summed E-state index contributed by atoms with van der Waals surface area (Å²) < 4.78 is 5.58. The van der Waals surface area contributed by atoms with Crippen molar-refractivity contribution in [2.24, 2.45) is 5.73 Å². The van der Waals surface area contributed by atoms with Crippen LogP contribution >= 0.6 is 12.2 Å². The maximum atomic E-state index is 5.58. The van der Waals surface area contributed by atoms with E-state index in [-0.39, 0.29) is 5.11 Å². The molecule has 0 aliphatic heterocycles. The summed E-state index contributed by atoms with van der Waals surface area (Å²) in [6, 6.07) is 13.0. The number of hydrogen-bond donors (Lipinski definition) is 2. The Bertz CT molecular complexity index is 499. The van der Waals surface area contributed by atoms with Crippen molar-refractivity contribution >= 4 is 23.1 Å². The maximum Gasteiger partial charge on any atom is 0.169 e. The number of rotatable bonds is 3. The molecule has 1 aromatic heterocycles. The van der Waals surface area contributed by atoms with Gasteiger partial charge in [0.1, 0.15) is 17.3 Å². The van der Waals surface area contributed by atoms with Gasteiger partial charge in [0.25, 0.3) is 0 Å². The Morgan fingerprint density at radius 3 is 2.47 bits per heavy atom. The largest absolute Gasteiger partial charge is 0.456 e. The van der Waals surface area contributed by atoms with Crippen LogP contribution in [0.25, 0.3) is 0 Å². The van der Waals surface area contributed by atoms with Crippen molar-refractivity contribution in [2.75, 3.05) is 5.32 Å². The van der Waals surface area contributed by atoms with E-state index in [2.05, 4.69) is 10.3 Å². The average Bonchev–Trinajstić information content (AvgIpc) is 2.32. The first-order valence-electron chi connectivity index (χ1n) is 4.99. The standard InChI is InChI=1S/C12H11N3OS/c13-12(17)15-11-7-6-10(8-14-11)16-9-4-2-1-3-5-9/h1-8H,(H3,13,14,15,17). The number of benzene rings is 1. The summed E-state index contributed by atoms with van der Waals surface area (Å²) in [5.41, 5.74) is 5.34. The molecule has 1 heterocycles. The molecule has 0 radical (unpaired) electrons. The highest BCUT2D eigenvalue weighted by atomic mass is 32.1. The zero-order chi connectivity index (χ0) is 12.1. The van der Waals surface area contributed by atoms with Crippen LogP contribution in [0.4, 0.5) is 5.82 Å². The predicted molar refractivity (Wildman–Crippen MR) is 71.2 cm³/mol. The molecule has 0 amide bonds. The van der Waals surface area contributed by atoms with Crippen LogP contribution in [0.15, 0.2) is 48.7 Å². The van der Waals surface area contributed by atoms with Crippen molar-refractivity contribution in [2.45, 2.75) is 0 Å². The third kappa shape index (κ3) is 3.42. The first-order valence-corrected chi connectivity index (χ1v) is 5.40. The molecule has 0 aliphatic carbocycles. The van der Waals surface area contributed by atoms with Crippen LogP contribution in [-0.2, 0) is 0 Å². The molecule has 4 nitrogen and oxygen atoms in total. The third-order valence-electron chi connectivity index (χ3n) is 1.97. The Labute approximate surface area is 104 Å². The van der Waals surface area contributed by atoms with Crippen LogP contribution < -0.4 is 15.8 Å². The van der Waals surface area contributed by atoms with Gasteiger partial charge in [-0.05, 0) is 36.5 Å². The second kappa shape index (κ2) is 5.27. The summed E-state index contributed by atoms with van der Waals surface area (Å²) >= 11 is 4.71. The number of thiocarbonyl (C=S) groups is 1. The number of para-hydroxylation sites is 1. The first-order chi connectivity index (χ1) is 8.24. The Balaban J connectivity index is 2.06. The first kappa shape index (κ1) is 11.3. The summed E-state index contributed by atoms with van der Waals surface area (Å²) in [5.74, 6) is 2.02. The molecule has 0 spiro atoms. The van der Waals surface area contributed by atoms with Gasteiger partial charge in [-0.25, -0.2) is 4.98 Å². The van der Waals surface area contributed by atoms with E-state index in [0.29, 0.717) is 11.6 Å². The van der Waals surface area contributed by atoms with Crippen molar-refractivity contribution in [3.63, 3.8) is 0 Å². The second-order valence-corrected chi connectivity index (χ2v) is 3.72. The van der Waals surface area contributed by atoms with E-state index in [1.54, 1.807) is 18.3 Å². The van der Waals surface area contributed by atoms with E-state index in [4.69, 9.17) is 22.7 Å². The van der Waals surface area contributed by atoms with Crippen molar-refractivity contribution in [1.29, 1.82) is 0 Å². The summed E-state index contributed by atoms with van der Waals surface area (Å²) in [4.78, 5) is 4.11. The molecular weight excluding hydrogens is 234 g/mol. The van der Waals surface area contributed by atoms with E-state index in [1.165, 1.54) is 0 Å². The number of ether oxygens (including phenoxy) is 1. The van der Waals surface area contributed by atoms with E-state index >= 15 is 0 Å². The second-order valence-electron chi connectivity index (χ2n) is 3.28. The molecule has 1 aromatic carbocycles. The summed E-state index contributed by atoms with van der Waals surface area (Å²) in [7, 11) is 0. The van der Waals surface area contributed by atoms with Crippen LogP contribution in [0.5, 0.6) is 11.5 Å². The van der Waals surface area contributed by atoms with Gasteiger partial charge in [-0.1, -0.05) is 18.2 Å². The molecule has 0 aliphatic rings. The molecule has 0 atom stereocenters. The van der Waals surface area contributed by atoms with E-state index in [0.717, 1.165) is 5.75 Å². The molecule has 0 saturated carbocycles. The molecule has 3 N–H and O–H groups in total. The summed E-state index contributed by atoms with van der Waals surface area (Å²) in [6.45, 7) is 0. The van der Waals surface area contributed by atoms with E-state index in [9.17, 15) is 0 Å². The topological polar surface area (TPSA) is 60.2 Å². The number of anilines is 1. The fraction of sp³-hybridized carbons (Fsp3) is 0. The molecule has 0 unspecified atom stereocenters. The SMILES string of the molecule is NC(=S)Nc1ccc(Oc2ccccc2)cn1. The van der Waals surface area contributed by atoms with Gasteiger partial charge in [-0.2, -0.15) is 0 Å². The Morgan fingerprint density at radius 2 is 1.88 bits per heavy atom. The molecule has 2 rings (SSSR count). The lowest BCUT2D eigenvalue weighted by molar-refractivity contribution is 0.480. The lowest BCUT2D eigenvalue weighted by Gasteiger charge is -2.06. The maximum absolute atomic E-state index is 5.58. The Kier molecular flexibility index (Phi) is 3.52. The van der Waals surface area contributed by atoms with E-state index < -0.39 is 0 Å². The van der Waals surface area contributed by atoms with Gasteiger partial charge in [-0.3, -0.25) is 0 Å². The number of nitrogens with one attached hydrogen (secondary N) is 1. The van der Waals surface area contributed by atoms with Gasteiger partial charge in [0.2, 0.25) is 0 Å². The van der Waals surface area contributed by atoms with Gasteiger partial charge < -0.3 is 15.8 Å². The van der Waals surface area contributed by atoms with Crippen molar-refractivity contribution in [1.82, 2.24) is 4.98 Å². The smallest absolute Gasteiger partial charge is 0.169 e. The predicted octanol–water partition coefficient (Wildman–Crippen LogP) is 2.53. The molecule has 0 bridgehead atoms. The fourth-order valence-electron chi connectivity index (χ4n) is 1.27. The molecule has 86 valence electrons. The van der Waals surface area contributed by atoms with Gasteiger partial charge >= 0.3 is 0 Å². The van der Waals surface area contributed by atoms with Gasteiger partial charge in [0.15, 0.2) is 5.11 Å². The highest BCUT2D eigenvalue weighted by molar-refractivity contribution is 7.80. The normalized spacial score (nSPS) is 9.65. The molecular formula is C12H11N3OS. The minimum atomic E-state index is 0.189.